The molecule has 6 heterocycles. The van der Waals surface area contributed by atoms with Gasteiger partial charge in [0.05, 0.1) is 65.4 Å². The minimum atomic E-state index is -0.734. The molecule has 0 radical (unpaired) electrons. The molecule has 3 aliphatic rings. The summed E-state index contributed by atoms with van der Waals surface area (Å²) in [4.78, 5) is 82.7. The van der Waals surface area contributed by atoms with E-state index >= 15 is 0 Å². The number of hydrogen-bond donors (Lipinski definition) is 3. The maximum absolute atomic E-state index is 13.4. The van der Waals surface area contributed by atoms with Crippen LogP contribution in [-0.4, -0.2) is 131 Å². The molecule has 20 nitrogen and oxygen atoms in total. The minimum Gasteiger partial charge on any atom is -0.461 e. The van der Waals surface area contributed by atoms with Gasteiger partial charge in [-0.2, -0.15) is 0 Å². The first-order chi connectivity index (χ1) is 42.5. The lowest BCUT2D eigenvalue weighted by Crippen LogP contribution is -2.29. The predicted molar refractivity (Wildman–Crippen MR) is 360 cm³/mol. The molecular formula is C70H101BrN8O12. The molecule has 3 aliphatic carbocycles. The fraction of sp³-hybridized carbons (Fsp3) is 0.629. The van der Waals surface area contributed by atoms with Crippen molar-refractivity contribution in [3.8, 4) is 0 Å². The summed E-state index contributed by atoms with van der Waals surface area (Å²) in [6.45, 7) is 39.3. The van der Waals surface area contributed by atoms with Gasteiger partial charge in [-0.25, -0.2) is 48.1 Å². The number of aromatic amines is 1. The number of rotatable bonds is 14. The zero-order valence-electron chi connectivity index (χ0n) is 57.8. The normalized spacial score (nSPS) is 16.7. The van der Waals surface area contributed by atoms with Gasteiger partial charge < -0.3 is 48.8 Å². The first-order valence-corrected chi connectivity index (χ1v) is 33.1. The first-order valence-electron chi connectivity index (χ1n) is 32.3. The summed E-state index contributed by atoms with van der Waals surface area (Å²) in [7, 11) is 3.27. The van der Waals surface area contributed by atoms with E-state index in [1.165, 1.54) is 14.7 Å². The fourth-order valence-corrected chi connectivity index (χ4v) is 12.8. The van der Waals surface area contributed by atoms with E-state index in [0.29, 0.717) is 94.3 Å². The van der Waals surface area contributed by atoms with E-state index in [2.05, 4.69) is 99.9 Å². The summed E-state index contributed by atoms with van der Waals surface area (Å²) < 4.78 is 40.5. The van der Waals surface area contributed by atoms with Gasteiger partial charge in [-0.15, -0.1) is 0 Å². The number of aromatic nitrogens is 6. The zero-order chi connectivity index (χ0) is 67.3. The van der Waals surface area contributed by atoms with E-state index in [4.69, 9.17) is 48.1 Å². The number of ether oxygens (including phenoxy) is 7. The van der Waals surface area contributed by atoms with Crippen molar-refractivity contribution in [1.29, 1.82) is 0 Å². The van der Waals surface area contributed by atoms with Crippen LogP contribution < -0.4 is 10.6 Å². The second-order valence-electron chi connectivity index (χ2n) is 29.2. The van der Waals surface area contributed by atoms with Gasteiger partial charge in [-0.3, -0.25) is 0 Å². The summed E-state index contributed by atoms with van der Waals surface area (Å²) in [5.74, 6) is 0.134. The highest BCUT2D eigenvalue weighted by molar-refractivity contribution is 9.10. The van der Waals surface area contributed by atoms with Crippen LogP contribution in [0.5, 0.6) is 0 Å². The highest BCUT2D eigenvalue weighted by Gasteiger charge is 2.38. The quantitative estimate of drug-likeness (QED) is 0.0522. The summed E-state index contributed by atoms with van der Waals surface area (Å²) in [6.07, 6.45) is 7.54. The zero-order valence-corrected chi connectivity index (χ0v) is 59.4. The molecule has 6 aromatic heterocycles. The molecule has 91 heavy (non-hydrogen) atoms. The number of methoxy groups -OCH3 is 2. The average Bonchev–Trinajstić information content (AvgIpc) is 1.62. The Labute approximate surface area is 546 Å². The van der Waals surface area contributed by atoms with Crippen molar-refractivity contribution in [3.05, 3.63) is 73.5 Å². The average molecular weight is 1330 g/mol. The predicted octanol–water partition coefficient (Wildman–Crippen LogP) is 15.1. The molecule has 0 aliphatic heterocycles. The molecule has 0 spiro atoms. The SMILES string of the molecule is CCOC(=O)c1[nH]c2cc3c(nc2c1NCCOC)CCC(C(C)(C)C)C3.CCOC(=O)c1c(Br)c2nc3c(cc2n1C(=O)OC(C)(C)C)CC(C(C)(C)C)CC3.CCOC(=O)c1c(NCCOC)c2nc3c(cc2n1C(=O)OC(C)(C)C)CC(C(C)(C)C)CC3. The third kappa shape index (κ3) is 17.2. The summed E-state index contributed by atoms with van der Waals surface area (Å²) in [6, 6.07) is 6.16. The highest BCUT2D eigenvalue weighted by atomic mass is 79.9. The number of carbonyl (C=O) groups is 5. The van der Waals surface area contributed by atoms with Crippen LogP contribution in [0.1, 0.15) is 209 Å². The van der Waals surface area contributed by atoms with Gasteiger partial charge in [0.25, 0.3) is 0 Å². The lowest BCUT2D eigenvalue weighted by molar-refractivity contribution is 0.0452. The number of nitrogens with one attached hydrogen (secondary N) is 3. The van der Waals surface area contributed by atoms with Gasteiger partial charge in [-0.05, 0) is 205 Å². The number of pyridine rings is 3. The minimum absolute atomic E-state index is 0.101. The van der Waals surface area contributed by atoms with Crippen molar-refractivity contribution in [2.75, 3.05) is 71.0 Å². The van der Waals surface area contributed by atoms with Crippen molar-refractivity contribution in [2.45, 2.75) is 194 Å². The molecule has 0 aromatic carbocycles. The smallest absolute Gasteiger partial charge is 0.419 e. The maximum Gasteiger partial charge on any atom is 0.419 e. The van der Waals surface area contributed by atoms with Crippen LogP contribution in [0.4, 0.5) is 21.0 Å². The number of carbonyl (C=O) groups excluding carboxylic acids is 5. The molecule has 9 rings (SSSR count). The number of halogens is 1. The molecule has 500 valence electrons. The Morgan fingerprint density at radius 1 is 0.527 bits per heavy atom. The van der Waals surface area contributed by atoms with Crippen molar-refractivity contribution < 1.29 is 57.1 Å². The molecule has 3 N–H and O–H groups in total. The molecule has 6 aromatic rings. The van der Waals surface area contributed by atoms with Crippen LogP contribution in [0, 0.1) is 34.0 Å². The van der Waals surface area contributed by atoms with E-state index in [0.717, 1.165) is 97.0 Å². The fourth-order valence-electron chi connectivity index (χ4n) is 12.2. The summed E-state index contributed by atoms with van der Waals surface area (Å²) in [5.41, 5.74) is 11.7. The number of esters is 3. The van der Waals surface area contributed by atoms with Crippen molar-refractivity contribution >= 4 is 90.5 Å². The van der Waals surface area contributed by atoms with Gasteiger partial charge in [0, 0.05) is 44.4 Å². The number of hydrogen-bond acceptors (Lipinski definition) is 17. The second-order valence-corrected chi connectivity index (χ2v) is 30.0. The van der Waals surface area contributed by atoms with Crippen LogP contribution in [0.2, 0.25) is 0 Å². The lowest BCUT2D eigenvalue weighted by Gasteiger charge is -2.34. The third-order valence-corrected chi connectivity index (χ3v) is 17.9. The third-order valence-electron chi connectivity index (χ3n) is 17.1. The molecule has 0 bridgehead atoms. The second kappa shape index (κ2) is 29.2. The molecule has 3 atom stereocenters. The van der Waals surface area contributed by atoms with Crippen molar-refractivity contribution in [3.63, 3.8) is 0 Å². The number of nitrogens with zero attached hydrogens (tertiary/aromatic N) is 5. The Morgan fingerprint density at radius 2 is 0.901 bits per heavy atom. The largest absolute Gasteiger partial charge is 0.461 e. The Morgan fingerprint density at radius 3 is 1.32 bits per heavy atom. The Bertz CT molecular complexity index is 3620. The first kappa shape index (κ1) is 71.9. The Kier molecular flexibility index (Phi) is 23.0. The maximum atomic E-state index is 13.4. The summed E-state index contributed by atoms with van der Waals surface area (Å²) in [5, 5.41) is 6.55. The standard InChI is InChI=1S/C26H39N3O5.C23H31BrN2O4.C21H31N3O3/c1-9-33-23(30)22-21(27-12-13-32-8)20-19(29(22)24(31)34-26(5,6)7)15-16-14-17(25(2,3)4)10-11-18(16)28-20;1-8-29-20(27)19-17(24)18-16(26(19)21(28)30-23(5,6)7)12-13-11-14(22(2,3)4)9-10-15(13)25-18;1-6-27-20(25)19-18(22-9-10-26-5)17-16(24-19)12-13-11-14(21(2,3)4)7-8-15(13)23-17/h15,17,27H,9-14H2,1-8H3;12,14H,8-11H2,1-7H3;12,14,22,24H,6-11H2,1-5H3. The van der Waals surface area contributed by atoms with Crippen LogP contribution in [0.25, 0.3) is 33.1 Å². The van der Waals surface area contributed by atoms with Gasteiger partial charge in [0.15, 0.2) is 17.1 Å². The topological polar surface area (TPSA) is 238 Å². The summed E-state index contributed by atoms with van der Waals surface area (Å²) >= 11 is 3.50. The number of anilines is 2. The molecule has 0 saturated carbocycles. The number of H-pyrrole nitrogens is 1. The molecule has 21 heteroatoms. The lowest BCUT2D eigenvalue weighted by atomic mass is 9.71. The monoisotopic (exact) mass is 1320 g/mol. The van der Waals surface area contributed by atoms with Crippen LogP contribution in [0.3, 0.4) is 0 Å². The Hall–Kier alpha value is -6.58. The molecular weight excluding hydrogens is 1220 g/mol. The highest BCUT2D eigenvalue weighted by Crippen LogP contribution is 2.43. The van der Waals surface area contributed by atoms with E-state index in [1.807, 2.05) is 19.1 Å². The molecule has 0 saturated heterocycles. The van der Waals surface area contributed by atoms with E-state index in [9.17, 15) is 24.0 Å². The van der Waals surface area contributed by atoms with E-state index < -0.39 is 35.3 Å². The van der Waals surface area contributed by atoms with Gasteiger partial charge in [0.1, 0.15) is 27.8 Å². The van der Waals surface area contributed by atoms with Crippen LogP contribution >= 0.6 is 15.9 Å². The Balaban J connectivity index is 0.000000195. The number of aryl methyl sites for hydroxylation is 3. The number of fused-ring (bicyclic) bond motifs is 6. The van der Waals surface area contributed by atoms with Crippen molar-refractivity contribution in [2.24, 2.45) is 34.0 Å². The van der Waals surface area contributed by atoms with E-state index in [-0.39, 0.29) is 46.8 Å². The molecule has 0 amide bonds. The van der Waals surface area contributed by atoms with Gasteiger partial charge in [-0.1, -0.05) is 62.3 Å². The van der Waals surface area contributed by atoms with Gasteiger partial charge in [0.2, 0.25) is 0 Å². The molecule has 3 unspecified atom stereocenters. The van der Waals surface area contributed by atoms with Crippen molar-refractivity contribution in [1.82, 2.24) is 29.1 Å². The van der Waals surface area contributed by atoms with E-state index in [1.54, 1.807) is 69.6 Å². The van der Waals surface area contributed by atoms with Crippen LogP contribution in [-0.2, 0) is 71.7 Å². The van der Waals surface area contributed by atoms with Crippen LogP contribution in [0.15, 0.2) is 22.7 Å². The van der Waals surface area contributed by atoms with Gasteiger partial charge >= 0.3 is 30.1 Å². The molecule has 0 fully saturated rings.